The molecule has 2 aromatic carbocycles. The molecule has 0 spiro atoms. The number of nitrogens with one attached hydrogen (secondary N) is 1. The molecule has 1 saturated heterocycles. The summed E-state index contributed by atoms with van der Waals surface area (Å²) in [4.78, 5) is 3.00. The quantitative estimate of drug-likeness (QED) is 0.255. The molecular formula is C24H20F6N4O2S. The summed E-state index contributed by atoms with van der Waals surface area (Å²) in [7, 11) is -4.60. The summed E-state index contributed by atoms with van der Waals surface area (Å²) in [5.41, 5.74) is -1.47. The number of hydrogen-bond acceptors (Lipinski definition) is 4. The van der Waals surface area contributed by atoms with E-state index < -0.39 is 50.5 Å². The Morgan fingerprint density at radius 3 is 2.11 bits per heavy atom. The second-order valence-corrected chi connectivity index (χ2v) is 10.2. The number of aromatic nitrogens is 1. The van der Waals surface area contributed by atoms with E-state index in [0.717, 1.165) is 34.9 Å². The van der Waals surface area contributed by atoms with E-state index in [4.69, 9.17) is 1.41 Å². The van der Waals surface area contributed by atoms with Crippen LogP contribution in [0.4, 0.5) is 26.3 Å². The molecule has 37 heavy (non-hydrogen) atoms. The van der Waals surface area contributed by atoms with Gasteiger partial charge >= 0.3 is 12.4 Å². The third-order valence-corrected chi connectivity index (χ3v) is 7.76. The second kappa shape index (κ2) is 9.45. The minimum Gasteiger partial charge on any atom is -0.288 e. The summed E-state index contributed by atoms with van der Waals surface area (Å²) in [5.74, 6) is -0.709. The summed E-state index contributed by atoms with van der Waals surface area (Å²) in [6, 6.07) is 12.1. The molecule has 0 radical (unpaired) electrons. The maximum absolute atomic E-state index is 13.9. The number of halogens is 6. The molecule has 0 bridgehead atoms. The third kappa shape index (κ3) is 5.18. The van der Waals surface area contributed by atoms with Crippen molar-refractivity contribution in [2.75, 3.05) is 6.54 Å². The van der Waals surface area contributed by atoms with Crippen molar-refractivity contribution in [3.8, 4) is 0 Å². The van der Waals surface area contributed by atoms with Gasteiger partial charge in [0.25, 0.3) is 10.0 Å². The van der Waals surface area contributed by atoms with E-state index in [9.17, 15) is 34.8 Å². The minimum absolute atomic E-state index is 0.0379. The Hall–Kier alpha value is -3.45. The number of sulfonamides is 1. The van der Waals surface area contributed by atoms with E-state index in [-0.39, 0.29) is 17.9 Å². The predicted molar refractivity (Wildman–Crippen MR) is 122 cm³/mol. The molecule has 2 atom stereocenters. The highest BCUT2D eigenvalue weighted by atomic mass is 32.2. The number of pyridine rings is 1. The van der Waals surface area contributed by atoms with Crippen molar-refractivity contribution in [3.63, 3.8) is 0 Å². The van der Waals surface area contributed by atoms with Gasteiger partial charge in [0.1, 0.15) is 11.5 Å². The van der Waals surface area contributed by atoms with Gasteiger partial charge in [-0.25, -0.2) is 8.42 Å². The van der Waals surface area contributed by atoms with E-state index >= 15 is 0 Å². The first-order chi connectivity index (χ1) is 17.7. The average Bonchev–Trinajstić information content (AvgIpc) is 3.29. The van der Waals surface area contributed by atoms with Gasteiger partial charge in [0.05, 0.1) is 16.5 Å². The van der Waals surface area contributed by atoms with E-state index in [1.54, 1.807) is 30.3 Å². The van der Waals surface area contributed by atoms with Crippen molar-refractivity contribution >= 4 is 15.9 Å². The summed E-state index contributed by atoms with van der Waals surface area (Å²) >= 11 is 0. The molecule has 1 fully saturated rings. The number of rotatable bonds is 4. The molecular weight excluding hydrogens is 522 g/mol. The van der Waals surface area contributed by atoms with E-state index in [2.05, 4.69) is 10.4 Å². The fraction of sp³-hybridized carbons (Fsp3) is 0.250. The van der Waals surface area contributed by atoms with E-state index in [0.29, 0.717) is 17.7 Å². The zero-order valence-corrected chi connectivity index (χ0v) is 19.9. The van der Waals surface area contributed by atoms with Gasteiger partial charge in [0, 0.05) is 18.7 Å². The molecule has 13 heteroatoms. The highest BCUT2D eigenvalue weighted by Crippen LogP contribution is 2.46. The Balaban J connectivity index is 1.90. The lowest BCUT2D eigenvalue weighted by Gasteiger charge is -2.32. The van der Waals surface area contributed by atoms with Crippen LogP contribution in [0.15, 0.2) is 77.8 Å². The van der Waals surface area contributed by atoms with Crippen molar-refractivity contribution in [2.24, 2.45) is 0 Å². The topological polar surface area (TPSA) is 77.4 Å². The maximum atomic E-state index is 13.9. The minimum atomic E-state index is -4.72. The number of nitrogens with zero attached hydrogens (tertiary/aromatic N) is 3. The third-order valence-electron chi connectivity index (χ3n) is 5.97. The van der Waals surface area contributed by atoms with Gasteiger partial charge < -0.3 is 0 Å². The maximum Gasteiger partial charge on any atom is 0.433 e. The predicted octanol–water partition coefficient (Wildman–Crippen LogP) is 5.86. The van der Waals surface area contributed by atoms with Crippen LogP contribution in [0.1, 0.15) is 41.3 Å². The summed E-state index contributed by atoms with van der Waals surface area (Å²) in [5, 5.41) is 4.53. The van der Waals surface area contributed by atoms with Crippen LogP contribution in [-0.2, 0) is 22.4 Å². The summed E-state index contributed by atoms with van der Waals surface area (Å²) in [6.07, 6.45) is -8.49. The van der Waals surface area contributed by atoms with Gasteiger partial charge in [0.2, 0.25) is 0 Å². The van der Waals surface area contributed by atoms with Gasteiger partial charge in [-0.2, -0.15) is 26.3 Å². The number of benzene rings is 2. The van der Waals surface area contributed by atoms with E-state index in [1.165, 1.54) is 11.9 Å². The molecule has 1 N–H and O–H groups in total. The molecule has 4 rings (SSSR count). The molecule has 3 aromatic rings. The van der Waals surface area contributed by atoms with Crippen LogP contribution in [0.2, 0.25) is 1.41 Å². The molecule has 0 amide bonds. The molecule has 1 aromatic heterocycles. The van der Waals surface area contributed by atoms with Crippen LogP contribution >= 0.6 is 0 Å². The number of alkyl halides is 6. The molecule has 0 aliphatic carbocycles. The Morgan fingerprint density at radius 1 is 0.946 bits per heavy atom. The van der Waals surface area contributed by atoms with Crippen LogP contribution in [0.3, 0.4) is 0 Å². The Bertz CT molecular complexity index is 1410. The fourth-order valence-corrected chi connectivity index (χ4v) is 5.95. The fourth-order valence-electron chi connectivity index (χ4n) is 4.24. The van der Waals surface area contributed by atoms with Crippen LogP contribution < -0.4 is 0 Å². The first kappa shape index (κ1) is 25.2. The monoisotopic (exact) mass is 542 g/mol. The lowest BCUT2D eigenvalue weighted by molar-refractivity contribution is -0.141. The average molecular weight is 543 g/mol. The van der Waals surface area contributed by atoms with Crippen LogP contribution in [0.5, 0.6) is 0 Å². The molecule has 2 unspecified atom stereocenters. The molecule has 1 aliphatic rings. The van der Waals surface area contributed by atoms with Crippen LogP contribution in [0.25, 0.3) is 0 Å². The van der Waals surface area contributed by atoms with E-state index in [1.807, 2.05) is 0 Å². The van der Waals surface area contributed by atoms with Crippen molar-refractivity contribution in [2.45, 2.75) is 36.1 Å². The summed E-state index contributed by atoms with van der Waals surface area (Å²) < 4.78 is 115. The van der Waals surface area contributed by atoms with Crippen molar-refractivity contribution in [3.05, 3.63) is 95.3 Å². The second-order valence-electron chi connectivity index (χ2n) is 8.37. The first-order valence-electron chi connectivity index (χ1n) is 11.3. The molecule has 2 heterocycles. The Kier molecular flexibility index (Phi) is 6.44. The smallest absolute Gasteiger partial charge is 0.288 e. The number of hydrogen-bond donors (Lipinski definition) is 1. The van der Waals surface area contributed by atoms with Gasteiger partial charge in [-0.15, -0.1) is 4.41 Å². The number of hydrazine groups is 1. The lowest BCUT2D eigenvalue weighted by Crippen LogP contribution is -2.44. The lowest BCUT2D eigenvalue weighted by atomic mass is 9.89. The highest BCUT2D eigenvalue weighted by molar-refractivity contribution is 7.89. The zero-order chi connectivity index (χ0) is 27.9. The largest absolute Gasteiger partial charge is 0.433 e. The van der Waals surface area contributed by atoms with Crippen LogP contribution in [-0.4, -0.2) is 35.2 Å². The molecule has 1 aliphatic heterocycles. The van der Waals surface area contributed by atoms with Crippen molar-refractivity contribution in [1.82, 2.24) is 14.4 Å². The van der Waals surface area contributed by atoms with Gasteiger partial charge in [-0.1, -0.05) is 36.4 Å². The van der Waals surface area contributed by atoms with Crippen molar-refractivity contribution in [1.29, 1.82) is 5.40 Å². The first-order valence-corrected chi connectivity index (χ1v) is 12.2. The van der Waals surface area contributed by atoms with Crippen molar-refractivity contribution < 1.29 is 36.2 Å². The van der Waals surface area contributed by atoms with Crippen LogP contribution in [0, 0.1) is 5.40 Å². The molecule has 196 valence electrons. The Labute approximate surface area is 210 Å². The van der Waals surface area contributed by atoms with Gasteiger partial charge in [0.15, 0.2) is 1.41 Å². The SMILES string of the molecule is [H]/N=C(\C)N1CC(c2ccccc2)C(c2ccc(C(F)(F)F)nc2)N1S(=O)(=O)c1ccc(C(F)(F)F)cc1. The molecule has 0 saturated carbocycles. The van der Waals surface area contributed by atoms with Gasteiger partial charge in [-0.3, -0.25) is 15.4 Å². The normalized spacial score (nSPS) is 20.2. The molecule has 6 nitrogen and oxygen atoms in total. The number of amidine groups is 1. The Morgan fingerprint density at radius 2 is 1.59 bits per heavy atom. The summed E-state index contributed by atoms with van der Waals surface area (Å²) in [6.45, 7) is 1.33. The zero-order valence-electron chi connectivity index (χ0n) is 20.1. The highest BCUT2D eigenvalue weighted by Gasteiger charge is 2.49. The van der Waals surface area contributed by atoms with Gasteiger partial charge in [-0.05, 0) is 48.4 Å². The standard InChI is InChI=1S/C24H20F6N4O2S/c1-15(31)33-14-20(16-5-3-2-4-6-16)22(17-7-12-21(32-13-17)24(28,29)30)34(33)37(35,36)19-10-8-18(9-11-19)23(25,26)27/h2-13,20,22,31H,14H2,1H3/b31-15+.